The highest BCUT2D eigenvalue weighted by molar-refractivity contribution is 6.37. The lowest BCUT2D eigenvalue weighted by Crippen LogP contribution is -2.51. The van der Waals surface area contributed by atoms with E-state index in [4.69, 9.17) is 9.47 Å². The van der Waals surface area contributed by atoms with Crippen molar-refractivity contribution >= 4 is 29.1 Å². The second-order valence-corrected chi connectivity index (χ2v) is 9.08. The Balaban J connectivity index is 1.56. The predicted octanol–water partition coefficient (Wildman–Crippen LogP) is 3.70. The van der Waals surface area contributed by atoms with E-state index in [9.17, 15) is 19.2 Å². The van der Waals surface area contributed by atoms with Crippen LogP contribution in [0.1, 0.15) is 37.9 Å². The third-order valence-corrected chi connectivity index (χ3v) is 7.22. The summed E-state index contributed by atoms with van der Waals surface area (Å²) in [4.78, 5) is 56.5. The smallest absolute Gasteiger partial charge is 0.241 e. The zero-order valence-electron chi connectivity index (χ0n) is 19.1. The number of hydrogen-bond acceptors (Lipinski definition) is 6. The molecular weight excluding hydrogens is 446 g/mol. The fourth-order valence-corrected chi connectivity index (χ4v) is 5.72. The van der Waals surface area contributed by atoms with Crippen LogP contribution in [0.4, 0.5) is 5.69 Å². The van der Waals surface area contributed by atoms with Crippen LogP contribution < -0.4 is 9.64 Å². The van der Waals surface area contributed by atoms with E-state index in [1.165, 1.54) is 7.11 Å². The van der Waals surface area contributed by atoms with Crippen molar-refractivity contribution in [2.24, 2.45) is 11.8 Å². The number of anilines is 1. The molecule has 0 radical (unpaired) electrons. The second kappa shape index (κ2) is 7.45. The van der Waals surface area contributed by atoms with E-state index in [1.54, 1.807) is 54.6 Å². The van der Waals surface area contributed by atoms with Crippen molar-refractivity contribution in [1.29, 1.82) is 0 Å². The number of fused-ring (bicyclic) bond motifs is 3. The minimum absolute atomic E-state index is 0.206. The number of imide groups is 1. The van der Waals surface area contributed by atoms with Gasteiger partial charge in [0.15, 0.2) is 0 Å². The summed E-state index contributed by atoms with van der Waals surface area (Å²) in [5, 5.41) is 0. The summed E-state index contributed by atoms with van der Waals surface area (Å²) >= 11 is 0. The zero-order valence-corrected chi connectivity index (χ0v) is 19.1. The molecule has 7 nitrogen and oxygen atoms in total. The highest BCUT2D eigenvalue weighted by Gasteiger charge is 2.74. The molecule has 1 spiro atoms. The molecule has 0 saturated carbocycles. The molecule has 0 unspecified atom stereocenters. The number of nitrogens with zero attached hydrogens (tertiary/aromatic N) is 1. The van der Waals surface area contributed by atoms with Gasteiger partial charge >= 0.3 is 0 Å². The van der Waals surface area contributed by atoms with Gasteiger partial charge in [0.05, 0.1) is 30.7 Å². The summed E-state index contributed by atoms with van der Waals surface area (Å²) in [7, 11) is 1.45. The van der Waals surface area contributed by atoms with Gasteiger partial charge in [0, 0.05) is 11.1 Å². The largest absolute Gasteiger partial charge is 0.495 e. The van der Waals surface area contributed by atoms with E-state index < -0.39 is 46.9 Å². The summed E-state index contributed by atoms with van der Waals surface area (Å²) in [6.07, 6.45) is -0.946. The van der Waals surface area contributed by atoms with Crippen LogP contribution in [0.15, 0.2) is 72.8 Å². The number of benzene rings is 3. The molecule has 2 heterocycles. The SMILES string of the molecule is COc1ccccc1N1C(=O)[C@H]2[C@@H](c3cccc(C)c3)OC3(C(=O)c4ccccc4C3=O)[C@@H]2C1=O. The molecule has 3 atom stereocenters. The molecule has 0 N–H and O–H groups in total. The van der Waals surface area contributed by atoms with Gasteiger partial charge < -0.3 is 9.47 Å². The maximum Gasteiger partial charge on any atom is 0.241 e. The molecule has 2 saturated heterocycles. The first-order chi connectivity index (χ1) is 16.9. The lowest BCUT2D eigenvalue weighted by Gasteiger charge is -2.27. The Bertz CT molecular complexity index is 1410. The number of ether oxygens (including phenoxy) is 2. The van der Waals surface area contributed by atoms with Crippen LogP contribution in [0, 0.1) is 18.8 Å². The highest BCUT2D eigenvalue weighted by atomic mass is 16.5. The number of methoxy groups -OCH3 is 1. The fourth-order valence-electron chi connectivity index (χ4n) is 5.72. The molecule has 2 fully saturated rings. The summed E-state index contributed by atoms with van der Waals surface area (Å²) in [5.74, 6) is -4.32. The van der Waals surface area contributed by atoms with Crippen molar-refractivity contribution < 1.29 is 28.7 Å². The van der Waals surface area contributed by atoms with Crippen molar-refractivity contribution in [3.05, 3.63) is 95.1 Å². The molecule has 2 aliphatic heterocycles. The quantitative estimate of drug-likeness (QED) is 0.431. The summed E-state index contributed by atoms with van der Waals surface area (Å²) in [6.45, 7) is 1.90. The molecular formula is C28H21NO6. The number of carbonyl (C=O) groups is 4. The van der Waals surface area contributed by atoms with Crippen molar-refractivity contribution in [2.45, 2.75) is 18.6 Å². The van der Waals surface area contributed by atoms with Gasteiger partial charge in [-0.15, -0.1) is 0 Å². The number of amides is 2. The Morgan fingerprint density at radius 2 is 1.49 bits per heavy atom. The summed E-state index contributed by atoms with van der Waals surface area (Å²) < 4.78 is 11.7. The van der Waals surface area contributed by atoms with Gasteiger partial charge in [-0.25, -0.2) is 4.90 Å². The average Bonchev–Trinajstić information content (AvgIpc) is 3.44. The number of ketones is 2. The van der Waals surface area contributed by atoms with E-state index >= 15 is 0 Å². The van der Waals surface area contributed by atoms with Crippen LogP contribution in [0.25, 0.3) is 0 Å². The van der Waals surface area contributed by atoms with E-state index in [0.29, 0.717) is 11.3 Å². The van der Waals surface area contributed by atoms with Gasteiger partial charge in [0.1, 0.15) is 5.75 Å². The van der Waals surface area contributed by atoms with Gasteiger partial charge in [-0.3, -0.25) is 19.2 Å². The molecule has 6 rings (SSSR count). The van der Waals surface area contributed by atoms with Crippen LogP contribution in [-0.4, -0.2) is 36.1 Å². The number of para-hydroxylation sites is 2. The first kappa shape index (κ1) is 21.4. The molecule has 1 aliphatic carbocycles. The monoisotopic (exact) mass is 467 g/mol. The van der Waals surface area contributed by atoms with Crippen molar-refractivity contribution in [3.63, 3.8) is 0 Å². The Kier molecular flexibility index (Phi) is 4.56. The Morgan fingerprint density at radius 1 is 0.829 bits per heavy atom. The molecule has 0 aromatic heterocycles. The van der Waals surface area contributed by atoms with E-state index in [0.717, 1.165) is 10.5 Å². The van der Waals surface area contributed by atoms with E-state index in [2.05, 4.69) is 0 Å². The topological polar surface area (TPSA) is 90.0 Å². The van der Waals surface area contributed by atoms with Crippen LogP contribution in [0.2, 0.25) is 0 Å². The minimum atomic E-state index is -2.09. The van der Waals surface area contributed by atoms with Gasteiger partial charge in [-0.2, -0.15) is 0 Å². The van der Waals surface area contributed by atoms with Crippen LogP contribution in [-0.2, 0) is 14.3 Å². The lowest BCUT2D eigenvalue weighted by molar-refractivity contribution is -0.127. The first-order valence-electron chi connectivity index (χ1n) is 11.3. The van der Waals surface area contributed by atoms with Gasteiger partial charge in [-0.1, -0.05) is 66.2 Å². The third kappa shape index (κ3) is 2.70. The lowest BCUT2D eigenvalue weighted by atomic mass is 9.77. The Morgan fingerprint density at radius 3 is 2.14 bits per heavy atom. The highest BCUT2D eigenvalue weighted by Crippen LogP contribution is 2.58. The van der Waals surface area contributed by atoms with E-state index in [1.807, 2.05) is 25.1 Å². The molecule has 35 heavy (non-hydrogen) atoms. The van der Waals surface area contributed by atoms with Crippen LogP contribution in [0.3, 0.4) is 0 Å². The van der Waals surface area contributed by atoms with Gasteiger partial charge in [0.25, 0.3) is 0 Å². The van der Waals surface area contributed by atoms with Gasteiger partial charge in [-0.05, 0) is 24.6 Å². The number of aryl methyl sites for hydroxylation is 1. The molecule has 7 heteroatoms. The first-order valence-corrected chi connectivity index (χ1v) is 11.3. The Hall–Kier alpha value is -4.10. The zero-order chi connectivity index (χ0) is 24.5. The Labute approximate surface area is 201 Å². The van der Waals surface area contributed by atoms with E-state index in [-0.39, 0.29) is 16.8 Å². The third-order valence-electron chi connectivity index (χ3n) is 7.22. The maximum absolute atomic E-state index is 14.0. The number of Topliss-reactive ketones (excluding diaryl/α,β-unsaturated/α-hetero) is 2. The number of rotatable bonds is 3. The predicted molar refractivity (Wildman–Crippen MR) is 125 cm³/mol. The molecule has 2 amide bonds. The van der Waals surface area contributed by atoms with Crippen LogP contribution in [0.5, 0.6) is 5.75 Å². The van der Waals surface area contributed by atoms with Crippen molar-refractivity contribution in [1.82, 2.24) is 0 Å². The molecule has 0 bridgehead atoms. The van der Waals surface area contributed by atoms with Gasteiger partial charge in [0.2, 0.25) is 29.0 Å². The second-order valence-electron chi connectivity index (χ2n) is 9.08. The normalized spacial score (nSPS) is 24.3. The minimum Gasteiger partial charge on any atom is -0.495 e. The number of hydrogen-bond donors (Lipinski definition) is 0. The molecule has 3 aromatic carbocycles. The molecule has 174 valence electrons. The van der Waals surface area contributed by atoms with Crippen molar-refractivity contribution in [2.75, 3.05) is 12.0 Å². The number of carbonyl (C=O) groups excluding carboxylic acids is 4. The van der Waals surface area contributed by atoms with Crippen molar-refractivity contribution in [3.8, 4) is 5.75 Å². The average molecular weight is 467 g/mol. The fraction of sp³-hybridized carbons (Fsp3) is 0.214. The summed E-state index contributed by atoms with van der Waals surface area (Å²) in [6, 6.07) is 20.5. The molecule has 3 aliphatic rings. The standard InChI is InChI=1S/C28H21NO6/c1-15-8-7-9-16(14-15)23-21-22(27(33)29(26(21)32)19-12-5-6-13-20(19)34-2)28(35-23)24(30)17-10-3-4-11-18(17)25(28)31/h3-14,21-23H,1-2H3/t21-,22+,23-/m1/s1. The maximum atomic E-state index is 14.0. The summed E-state index contributed by atoms with van der Waals surface area (Å²) in [5.41, 5.74) is 0.153. The molecule has 3 aromatic rings. The van der Waals surface area contributed by atoms with Crippen LogP contribution >= 0.6 is 0 Å².